The molecule has 0 fully saturated rings. The summed E-state index contributed by atoms with van der Waals surface area (Å²) in [6.07, 6.45) is 0. The summed E-state index contributed by atoms with van der Waals surface area (Å²) in [7, 11) is 9.06. The number of hydrogen-bond donors (Lipinski definition) is 0. The predicted molar refractivity (Wildman–Crippen MR) is 237 cm³/mol. The average molecular weight is 674 g/mol. The van der Waals surface area contributed by atoms with E-state index >= 15 is 0 Å². The minimum absolute atomic E-state index is 0.893. The molecule has 0 saturated carbocycles. The Morgan fingerprint density at radius 2 is 1.17 bits per heavy atom. The van der Waals surface area contributed by atoms with Crippen LogP contribution < -0.4 is 21.9 Å². The molecule has 3 nitrogen and oxygen atoms in total. The molecule has 0 unspecified atom stereocenters. The topological polar surface area (TPSA) is 31.0 Å². The van der Waals surface area contributed by atoms with Crippen LogP contribution in [0.5, 0.6) is 0 Å². The van der Waals surface area contributed by atoms with Gasteiger partial charge in [0.05, 0.1) is 16.7 Å². The molecular formula is C46H34B4N2O. The maximum atomic E-state index is 6.48. The zero-order valence-electron chi connectivity index (χ0n) is 30.6. The summed E-state index contributed by atoms with van der Waals surface area (Å²) in [6, 6.07) is 50.0. The summed E-state index contributed by atoms with van der Waals surface area (Å²) in [6.45, 7) is 2.28. The highest BCUT2D eigenvalue weighted by atomic mass is 16.3. The molecule has 0 N–H and O–H groups in total. The fourth-order valence-electron chi connectivity index (χ4n) is 8.79. The predicted octanol–water partition coefficient (Wildman–Crippen LogP) is 5.57. The maximum absolute atomic E-state index is 6.48. The van der Waals surface area contributed by atoms with Crippen LogP contribution in [0.2, 0.25) is 0 Å². The summed E-state index contributed by atoms with van der Waals surface area (Å²) in [5, 5.41) is 6.98. The van der Waals surface area contributed by atoms with Gasteiger partial charge in [0.25, 0.3) is 0 Å². The number of benzene rings is 8. The largest absolute Gasteiger partial charge is 0.456 e. The minimum Gasteiger partial charge on any atom is -0.456 e. The number of aromatic nitrogens is 2. The quantitative estimate of drug-likeness (QED) is 0.181. The van der Waals surface area contributed by atoms with Gasteiger partial charge in [-0.2, -0.15) is 0 Å². The Labute approximate surface area is 311 Å². The van der Waals surface area contributed by atoms with Crippen molar-refractivity contribution in [1.82, 2.24) is 9.55 Å². The van der Waals surface area contributed by atoms with Crippen molar-refractivity contribution in [2.45, 2.75) is 6.92 Å². The standard InChI is InChI=1S/C46H34B4N2O/c1-25-38(42(48)44(50)43(49)41(25)47)27-22-23-30-33(24-27)39(32-17-11-21-37-40(32)31-16-7-10-20-36(31)53-37)28-14-5-6-15-29(28)45(30)52-35-19-9-8-18-34(35)51-46(52)26-12-3-2-4-13-26/h2-24H,47-50H2,1H3. The highest BCUT2D eigenvalue weighted by molar-refractivity contribution is 6.64. The van der Waals surface area contributed by atoms with Crippen molar-refractivity contribution in [2.75, 3.05) is 0 Å². The summed E-state index contributed by atoms with van der Waals surface area (Å²) in [5.74, 6) is 0.925. The number of para-hydroxylation sites is 3. The zero-order valence-corrected chi connectivity index (χ0v) is 30.6. The van der Waals surface area contributed by atoms with Crippen molar-refractivity contribution in [1.29, 1.82) is 0 Å². The number of imidazole rings is 1. The van der Waals surface area contributed by atoms with E-state index in [9.17, 15) is 0 Å². The Hall–Kier alpha value is -6.19. The van der Waals surface area contributed by atoms with Crippen molar-refractivity contribution >= 4 is 108 Å². The van der Waals surface area contributed by atoms with Gasteiger partial charge in [-0.1, -0.05) is 126 Å². The van der Waals surface area contributed by atoms with E-state index in [0.717, 1.165) is 50.0 Å². The van der Waals surface area contributed by atoms with Gasteiger partial charge in [-0.15, -0.1) is 10.9 Å². The molecule has 7 heteroatoms. The molecule has 0 aliphatic carbocycles. The average Bonchev–Trinajstić information content (AvgIpc) is 3.78. The maximum Gasteiger partial charge on any atom is 0.145 e. The Morgan fingerprint density at radius 3 is 2.00 bits per heavy atom. The molecule has 246 valence electrons. The molecule has 0 atom stereocenters. The van der Waals surface area contributed by atoms with Crippen LogP contribution in [0.25, 0.3) is 93.8 Å². The third kappa shape index (κ3) is 4.63. The normalized spacial score (nSPS) is 11.8. The lowest BCUT2D eigenvalue weighted by Gasteiger charge is -2.23. The Kier molecular flexibility index (Phi) is 7.10. The van der Waals surface area contributed by atoms with E-state index in [-0.39, 0.29) is 0 Å². The molecule has 10 aromatic rings. The van der Waals surface area contributed by atoms with Gasteiger partial charge in [-0.05, 0) is 70.3 Å². The monoisotopic (exact) mass is 674 g/mol. The fourth-order valence-corrected chi connectivity index (χ4v) is 8.79. The summed E-state index contributed by atoms with van der Waals surface area (Å²) >= 11 is 0. The van der Waals surface area contributed by atoms with Crippen molar-refractivity contribution < 1.29 is 4.42 Å². The van der Waals surface area contributed by atoms with E-state index in [1.807, 2.05) is 6.07 Å². The number of rotatable bonds is 4. The van der Waals surface area contributed by atoms with E-state index in [1.54, 1.807) is 0 Å². The number of hydrogen-bond acceptors (Lipinski definition) is 2. The van der Waals surface area contributed by atoms with Crippen molar-refractivity contribution in [3.05, 3.63) is 145 Å². The van der Waals surface area contributed by atoms with Gasteiger partial charge < -0.3 is 4.42 Å². The Bertz CT molecular complexity index is 3100. The molecule has 0 radical (unpaired) electrons. The third-order valence-electron chi connectivity index (χ3n) is 11.8. The van der Waals surface area contributed by atoms with Crippen LogP contribution in [0.4, 0.5) is 0 Å². The molecule has 0 spiro atoms. The van der Waals surface area contributed by atoms with Gasteiger partial charge in [0.15, 0.2) is 0 Å². The van der Waals surface area contributed by atoms with Crippen LogP contribution in [-0.2, 0) is 0 Å². The van der Waals surface area contributed by atoms with E-state index in [4.69, 9.17) is 9.40 Å². The first-order valence-corrected chi connectivity index (χ1v) is 18.4. The SMILES string of the molecule is Bc1c(B)c(B)c(-c2ccc3c(-n4c(-c5ccccc5)nc5ccccc54)c4ccccc4c(-c4cccc5oc6ccccc6c45)c3c2)c(C)c1B. The van der Waals surface area contributed by atoms with Gasteiger partial charge in [-0.25, -0.2) is 4.98 Å². The number of nitrogens with zero attached hydrogens (tertiary/aromatic N) is 2. The lowest BCUT2D eigenvalue weighted by molar-refractivity contribution is 0.669. The van der Waals surface area contributed by atoms with Crippen LogP contribution in [0.1, 0.15) is 5.56 Å². The second kappa shape index (κ2) is 11.9. The van der Waals surface area contributed by atoms with E-state index in [0.29, 0.717) is 0 Å². The molecule has 0 aliphatic rings. The van der Waals surface area contributed by atoms with Crippen LogP contribution in [0, 0.1) is 6.92 Å². The lowest BCUT2D eigenvalue weighted by atomic mass is 9.63. The molecule has 0 bridgehead atoms. The first kappa shape index (κ1) is 31.5. The lowest BCUT2D eigenvalue weighted by Crippen LogP contribution is -2.49. The van der Waals surface area contributed by atoms with Gasteiger partial charge >= 0.3 is 0 Å². The summed E-state index contributed by atoms with van der Waals surface area (Å²) in [5.41, 5.74) is 17.7. The van der Waals surface area contributed by atoms with Crippen LogP contribution in [-0.4, -0.2) is 40.9 Å². The highest BCUT2D eigenvalue weighted by Gasteiger charge is 2.24. The molecule has 53 heavy (non-hydrogen) atoms. The molecule has 0 amide bonds. The smallest absolute Gasteiger partial charge is 0.145 e. The molecule has 2 aromatic heterocycles. The van der Waals surface area contributed by atoms with E-state index in [2.05, 4.69) is 176 Å². The zero-order chi connectivity index (χ0) is 36.0. The minimum atomic E-state index is 0.893. The number of fused-ring (bicyclic) bond motifs is 6. The third-order valence-corrected chi connectivity index (χ3v) is 11.8. The van der Waals surface area contributed by atoms with Crippen molar-refractivity contribution in [3.63, 3.8) is 0 Å². The number of furan rings is 1. The van der Waals surface area contributed by atoms with Gasteiger partial charge in [0, 0.05) is 27.1 Å². The highest BCUT2D eigenvalue weighted by Crippen LogP contribution is 2.47. The van der Waals surface area contributed by atoms with Gasteiger partial charge in [0.2, 0.25) is 0 Å². The first-order valence-electron chi connectivity index (χ1n) is 18.4. The van der Waals surface area contributed by atoms with E-state index in [1.165, 1.54) is 71.2 Å². The molecule has 8 aromatic carbocycles. The van der Waals surface area contributed by atoms with Crippen LogP contribution in [0.3, 0.4) is 0 Å². The molecular weight excluding hydrogens is 640 g/mol. The summed E-state index contributed by atoms with van der Waals surface area (Å²) in [4.78, 5) is 5.29. The summed E-state index contributed by atoms with van der Waals surface area (Å²) < 4.78 is 8.88. The first-order chi connectivity index (χ1) is 25.9. The van der Waals surface area contributed by atoms with Gasteiger partial charge in [0.1, 0.15) is 48.4 Å². The fraction of sp³-hybridized carbons (Fsp3) is 0.0217. The van der Waals surface area contributed by atoms with E-state index < -0.39 is 0 Å². The second-order valence-corrected chi connectivity index (χ2v) is 14.4. The van der Waals surface area contributed by atoms with Crippen molar-refractivity contribution in [3.8, 4) is 39.3 Å². The van der Waals surface area contributed by atoms with Gasteiger partial charge in [-0.3, -0.25) is 4.57 Å². The molecule has 0 aliphatic heterocycles. The molecule has 0 saturated heterocycles. The van der Waals surface area contributed by atoms with Crippen molar-refractivity contribution in [2.24, 2.45) is 0 Å². The molecule has 2 heterocycles. The Balaban J connectivity index is 1.42. The van der Waals surface area contributed by atoms with Crippen LogP contribution in [0.15, 0.2) is 144 Å². The van der Waals surface area contributed by atoms with Crippen LogP contribution >= 0.6 is 0 Å². The molecule has 10 rings (SSSR count). The Morgan fingerprint density at radius 1 is 0.509 bits per heavy atom. The second-order valence-electron chi connectivity index (χ2n) is 14.4.